The first-order chi connectivity index (χ1) is 11.4. The minimum Gasteiger partial charge on any atom is -0.355 e. The van der Waals surface area contributed by atoms with Gasteiger partial charge in [-0.05, 0) is 77.3 Å². The maximum absolute atomic E-state index is 12.5. The Kier molecular flexibility index (Phi) is 7.51. The summed E-state index contributed by atoms with van der Waals surface area (Å²) in [5.74, 6) is 1.28. The molecule has 2 saturated heterocycles. The molecule has 2 heterocycles. The Morgan fingerprint density at radius 1 is 1.25 bits per heavy atom. The van der Waals surface area contributed by atoms with Gasteiger partial charge in [0.05, 0.1) is 0 Å². The fraction of sp³-hybridized carbons (Fsp3) is 0.947. The lowest BCUT2D eigenvalue weighted by Gasteiger charge is -2.35. The van der Waals surface area contributed by atoms with Crippen LogP contribution in [0.15, 0.2) is 0 Å². The van der Waals surface area contributed by atoms with E-state index in [0.29, 0.717) is 0 Å². The van der Waals surface area contributed by atoms with Crippen molar-refractivity contribution in [1.29, 1.82) is 0 Å². The molecule has 5 nitrogen and oxygen atoms in total. The Bertz CT molecular complexity index is 383. The monoisotopic (exact) mass is 338 g/mol. The number of nitrogens with zero attached hydrogens (tertiary/aromatic N) is 2. The van der Waals surface area contributed by atoms with Crippen LogP contribution in [0.1, 0.15) is 39.5 Å². The maximum Gasteiger partial charge on any atom is 0.223 e. The van der Waals surface area contributed by atoms with E-state index in [9.17, 15) is 4.79 Å². The van der Waals surface area contributed by atoms with Crippen LogP contribution in [-0.4, -0.2) is 75.6 Å². The van der Waals surface area contributed by atoms with E-state index in [4.69, 9.17) is 0 Å². The minimum atomic E-state index is 0.119. The first kappa shape index (κ1) is 19.7. The summed E-state index contributed by atoms with van der Waals surface area (Å²) in [4.78, 5) is 17.2. The quantitative estimate of drug-likeness (QED) is 0.737. The average molecular weight is 339 g/mol. The molecule has 0 radical (unpaired) electrons. The van der Waals surface area contributed by atoms with E-state index >= 15 is 0 Å². The highest BCUT2D eigenvalue weighted by Gasteiger charge is 2.28. The average Bonchev–Trinajstić information content (AvgIpc) is 2.53. The fourth-order valence-electron chi connectivity index (χ4n) is 4.21. The van der Waals surface area contributed by atoms with Crippen LogP contribution in [0.25, 0.3) is 0 Å². The molecule has 1 amide bonds. The van der Waals surface area contributed by atoms with Gasteiger partial charge in [-0.1, -0.05) is 13.8 Å². The number of hydrogen-bond donors (Lipinski definition) is 2. The number of amides is 1. The molecule has 2 aliphatic heterocycles. The third kappa shape index (κ3) is 6.69. The Morgan fingerprint density at radius 2 is 1.96 bits per heavy atom. The lowest BCUT2D eigenvalue weighted by atomic mass is 9.91. The molecule has 0 saturated carbocycles. The van der Waals surface area contributed by atoms with Crippen LogP contribution in [0.2, 0.25) is 0 Å². The van der Waals surface area contributed by atoms with Crippen LogP contribution in [-0.2, 0) is 4.79 Å². The van der Waals surface area contributed by atoms with E-state index in [2.05, 4.69) is 48.4 Å². The zero-order valence-corrected chi connectivity index (χ0v) is 16.2. The van der Waals surface area contributed by atoms with Gasteiger partial charge in [-0.15, -0.1) is 0 Å². The molecule has 2 fully saturated rings. The highest BCUT2D eigenvalue weighted by Crippen LogP contribution is 2.21. The van der Waals surface area contributed by atoms with E-state index in [1.165, 1.54) is 32.5 Å². The molecule has 1 atom stereocenters. The SMILES string of the molecule is CN(C)CC(C)(C)CNC(=O)C1CCN(CC2CCCNC2)CC1. The molecule has 2 aliphatic rings. The number of likely N-dealkylation sites (tertiary alicyclic amines) is 1. The summed E-state index contributed by atoms with van der Waals surface area (Å²) in [5.41, 5.74) is 0.119. The summed E-state index contributed by atoms with van der Waals surface area (Å²) < 4.78 is 0. The van der Waals surface area contributed by atoms with Gasteiger partial charge in [0.15, 0.2) is 0 Å². The highest BCUT2D eigenvalue weighted by atomic mass is 16.1. The summed E-state index contributed by atoms with van der Waals surface area (Å²) >= 11 is 0. The molecule has 0 aliphatic carbocycles. The predicted molar refractivity (Wildman–Crippen MR) is 100 cm³/mol. The smallest absolute Gasteiger partial charge is 0.223 e. The molecule has 0 aromatic heterocycles. The second kappa shape index (κ2) is 9.16. The molecule has 2 rings (SSSR count). The zero-order chi connectivity index (χ0) is 17.6. The molecule has 0 spiro atoms. The van der Waals surface area contributed by atoms with E-state index in [-0.39, 0.29) is 17.2 Å². The van der Waals surface area contributed by atoms with Crippen molar-refractivity contribution in [2.45, 2.75) is 39.5 Å². The molecule has 0 bridgehead atoms. The van der Waals surface area contributed by atoms with Crippen molar-refractivity contribution >= 4 is 5.91 Å². The number of nitrogens with one attached hydrogen (secondary N) is 2. The normalized spacial score (nSPS) is 24.3. The summed E-state index contributed by atoms with van der Waals surface area (Å²) in [6.07, 6.45) is 4.70. The first-order valence-electron chi connectivity index (χ1n) is 9.71. The summed E-state index contributed by atoms with van der Waals surface area (Å²) in [6.45, 7) is 11.9. The number of rotatable bonds is 7. The van der Waals surface area contributed by atoms with Gasteiger partial charge in [-0.3, -0.25) is 4.79 Å². The summed E-state index contributed by atoms with van der Waals surface area (Å²) in [6, 6.07) is 0. The van der Waals surface area contributed by atoms with Crippen molar-refractivity contribution in [1.82, 2.24) is 20.4 Å². The van der Waals surface area contributed by atoms with Crippen LogP contribution in [0, 0.1) is 17.3 Å². The van der Waals surface area contributed by atoms with Gasteiger partial charge in [-0.25, -0.2) is 0 Å². The van der Waals surface area contributed by atoms with Gasteiger partial charge < -0.3 is 20.4 Å². The Labute approximate surface area is 148 Å². The lowest BCUT2D eigenvalue weighted by molar-refractivity contribution is -0.127. The predicted octanol–water partition coefficient (Wildman–Crippen LogP) is 1.40. The minimum absolute atomic E-state index is 0.119. The molecule has 0 aromatic rings. The van der Waals surface area contributed by atoms with Crippen molar-refractivity contribution in [3.8, 4) is 0 Å². The molecular weight excluding hydrogens is 300 g/mol. The molecule has 24 heavy (non-hydrogen) atoms. The Hall–Kier alpha value is -0.650. The van der Waals surface area contributed by atoms with E-state index in [0.717, 1.165) is 44.9 Å². The van der Waals surface area contributed by atoms with Crippen LogP contribution < -0.4 is 10.6 Å². The van der Waals surface area contributed by atoms with Crippen molar-refractivity contribution < 1.29 is 4.79 Å². The first-order valence-corrected chi connectivity index (χ1v) is 9.71. The van der Waals surface area contributed by atoms with E-state index < -0.39 is 0 Å². The molecular formula is C19H38N4O. The maximum atomic E-state index is 12.5. The van der Waals surface area contributed by atoms with Gasteiger partial charge in [0.2, 0.25) is 5.91 Å². The van der Waals surface area contributed by atoms with Crippen LogP contribution in [0.3, 0.4) is 0 Å². The third-order valence-electron chi connectivity index (χ3n) is 5.36. The summed E-state index contributed by atoms with van der Waals surface area (Å²) in [7, 11) is 4.17. The third-order valence-corrected chi connectivity index (χ3v) is 5.36. The molecule has 140 valence electrons. The number of carbonyl (C=O) groups is 1. The molecule has 2 N–H and O–H groups in total. The second-order valence-electron chi connectivity index (χ2n) is 8.91. The zero-order valence-electron chi connectivity index (χ0n) is 16.2. The lowest BCUT2D eigenvalue weighted by Crippen LogP contribution is -2.46. The molecule has 5 heteroatoms. The standard InChI is InChI=1S/C19H38N4O/c1-19(2,15-22(3)4)14-21-18(24)17-7-10-23(11-8-17)13-16-6-5-9-20-12-16/h16-17,20H,5-15H2,1-4H3,(H,21,24). The van der Waals surface area contributed by atoms with E-state index in [1.807, 2.05) is 0 Å². The van der Waals surface area contributed by atoms with Crippen LogP contribution in [0.4, 0.5) is 0 Å². The number of carbonyl (C=O) groups excluding carboxylic acids is 1. The topological polar surface area (TPSA) is 47.6 Å². The molecule has 1 unspecified atom stereocenters. The van der Waals surface area contributed by atoms with Crippen molar-refractivity contribution in [2.24, 2.45) is 17.3 Å². The Balaban J connectivity index is 1.66. The van der Waals surface area contributed by atoms with Crippen LogP contribution in [0.5, 0.6) is 0 Å². The van der Waals surface area contributed by atoms with E-state index in [1.54, 1.807) is 0 Å². The number of hydrogen-bond acceptors (Lipinski definition) is 4. The van der Waals surface area contributed by atoms with Gasteiger partial charge in [0.1, 0.15) is 0 Å². The second-order valence-corrected chi connectivity index (χ2v) is 8.91. The van der Waals surface area contributed by atoms with Gasteiger partial charge in [0.25, 0.3) is 0 Å². The van der Waals surface area contributed by atoms with Gasteiger partial charge in [-0.2, -0.15) is 0 Å². The van der Waals surface area contributed by atoms with Crippen LogP contribution >= 0.6 is 0 Å². The highest BCUT2D eigenvalue weighted by molar-refractivity contribution is 5.78. The van der Waals surface area contributed by atoms with Gasteiger partial charge >= 0.3 is 0 Å². The van der Waals surface area contributed by atoms with Crippen molar-refractivity contribution in [2.75, 3.05) is 59.9 Å². The largest absolute Gasteiger partial charge is 0.355 e. The van der Waals surface area contributed by atoms with Crippen molar-refractivity contribution in [3.05, 3.63) is 0 Å². The number of piperidine rings is 2. The fourth-order valence-corrected chi connectivity index (χ4v) is 4.21. The molecule has 0 aromatic carbocycles. The Morgan fingerprint density at radius 3 is 2.54 bits per heavy atom. The summed E-state index contributed by atoms with van der Waals surface area (Å²) in [5, 5.41) is 6.70. The van der Waals surface area contributed by atoms with Crippen molar-refractivity contribution in [3.63, 3.8) is 0 Å². The van der Waals surface area contributed by atoms with Gasteiger partial charge in [0, 0.05) is 25.6 Å².